The first-order valence-corrected chi connectivity index (χ1v) is 7.66. The number of aromatic nitrogens is 2. The normalized spacial score (nSPS) is 11.3. The summed E-state index contributed by atoms with van der Waals surface area (Å²) < 4.78 is 31.9. The summed E-state index contributed by atoms with van der Waals surface area (Å²) in [4.78, 5) is 0. The minimum Gasteiger partial charge on any atom is -0.421 e. The maximum Gasteiger partial charge on any atom is 0.240 e. The summed E-state index contributed by atoms with van der Waals surface area (Å²) >= 11 is 11.6. The Morgan fingerprint density at radius 1 is 0.958 bits per heavy atom. The Kier molecular flexibility index (Phi) is 4.92. The largest absolute Gasteiger partial charge is 0.421 e. The fraction of sp³-hybridized carbons (Fsp3) is 0.0588. The Morgan fingerprint density at radius 3 is 2.54 bits per heavy atom. The van der Waals surface area contributed by atoms with Crippen LogP contribution in [0, 0.1) is 11.6 Å². The molecule has 0 saturated carbocycles. The standard InChI is InChI=1S/C17H10Cl2F2N2O/c18-13-5-1-10(7-15(13)21)8-17-23-22-16(24-17)6-3-11-2-4-12(20)9-14(11)19/h1-7,9H,8H2/b6-3+. The van der Waals surface area contributed by atoms with Crippen LogP contribution in [-0.2, 0) is 6.42 Å². The van der Waals surface area contributed by atoms with E-state index in [0.717, 1.165) is 0 Å². The summed E-state index contributed by atoms with van der Waals surface area (Å²) in [5.41, 5.74) is 1.29. The van der Waals surface area contributed by atoms with Crippen LogP contribution in [0.1, 0.15) is 22.9 Å². The highest BCUT2D eigenvalue weighted by Crippen LogP contribution is 2.20. The van der Waals surface area contributed by atoms with Gasteiger partial charge in [-0.25, -0.2) is 8.78 Å². The van der Waals surface area contributed by atoms with Gasteiger partial charge in [-0.05, 0) is 41.5 Å². The van der Waals surface area contributed by atoms with E-state index in [1.807, 2.05) is 0 Å². The number of benzene rings is 2. The van der Waals surface area contributed by atoms with Crippen molar-refractivity contribution in [3.8, 4) is 0 Å². The van der Waals surface area contributed by atoms with Gasteiger partial charge in [0.15, 0.2) is 0 Å². The molecule has 0 spiro atoms. The van der Waals surface area contributed by atoms with E-state index in [-0.39, 0.29) is 22.4 Å². The van der Waals surface area contributed by atoms with Gasteiger partial charge < -0.3 is 4.42 Å². The van der Waals surface area contributed by atoms with Crippen LogP contribution >= 0.6 is 23.2 Å². The molecule has 0 fully saturated rings. The van der Waals surface area contributed by atoms with Gasteiger partial charge in [0.1, 0.15) is 11.6 Å². The second-order valence-corrected chi connectivity index (χ2v) is 5.77. The molecule has 0 bridgehead atoms. The first kappa shape index (κ1) is 16.6. The molecule has 0 atom stereocenters. The summed E-state index contributed by atoms with van der Waals surface area (Å²) in [7, 11) is 0. The lowest BCUT2D eigenvalue weighted by atomic mass is 10.1. The van der Waals surface area contributed by atoms with Crippen molar-refractivity contribution < 1.29 is 13.2 Å². The molecule has 0 aliphatic heterocycles. The monoisotopic (exact) mass is 366 g/mol. The van der Waals surface area contributed by atoms with Crippen LogP contribution in [0.2, 0.25) is 10.0 Å². The minimum absolute atomic E-state index is 0.0593. The lowest BCUT2D eigenvalue weighted by molar-refractivity contribution is 0.496. The Bertz CT molecular complexity index is 909. The lowest BCUT2D eigenvalue weighted by Gasteiger charge is -1.98. The van der Waals surface area contributed by atoms with Gasteiger partial charge in [-0.15, -0.1) is 10.2 Å². The molecule has 1 heterocycles. The topological polar surface area (TPSA) is 38.9 Å². The highest BCUT2D eigenvalue weighted by molar-refractivity contribution is 6.32. The molecule has 0 amide bonds. The smallest absolute Gasteiger partial charge is 0.240 e. The van der Waals surface area contributed by atoms with Crippen LogP contribution in [0.5, 0.6) is 0 Å². The number of hydrogen-bond donors (Lipinski definition) is 0. The molecule has 7 heteroatoms. The second-order valence-electron chi connectivity index (χ2n) is 4.96. The molecule has 3 aromatic rings. The number of rotatable bonds is 4. The number of nitrogens with zero attached hydrogens (tertiary/aromatic N) is 2. The van der Waals surface area contributed by atoms with Crippen molar-refractivity contribution in [1.82, 2.24) is 10.2 Å². The van der Waals surface area contributed by atoms with Crippen molar-refractivity contribution in [2.75, 3.05) is 0 Å². The fourth-order valence-electron chi connectivity index (χ4n) is 2.03. The molecule has 122 valence electrons. The summed E-state index contributed by atoms with van der Waals surface area (Å²) in [5.74, 6) is -0.312. The van der Waals surface area contributed by atoms with Crippen molar-refractivity contribution in [2.24, 2.45) is 0 Å². The maximum atomic E-state index is 13.4. The summed E-state index contributed by atoms with van der Waals surface area (Å²) in [6.45, 7) is 0. The second kappa shape index (κ2) is 7.11. The van der Waals surface area contributed by atoms with E-state index in [2.05, 4.69) is 10.2 Å². The van der Waals surface area contributed by atoms with Gasteiger partial charge in [-0.3, -0.25) is 0 Å². The van der Waals surface area contributed by atoms with Gasteiger partial charge in [-0.2, -0.15) is 0 Å². The molecule has 0 N–H and O–H groups in total. The third kappa shape index (κ3) is 3.99. The molecule has 3 nitrogen and oxygen atoms in total. The first-order valence-electron chi connectivity index (χ1n) is 6.91. The molecule has 0 radical (unpaired) electrons. The van der Waals surface area contributed by atoms with E-state index >= 15 is 0 Å². The molecule has 0 aliphatic carbocycles. The zero-order chi connectivity index (χ0) is 17.1. The zero-order valence-electron chi connectivity index (χ0n) is 12.1. The van der Waals surface area contributed by atoms with Crippen molar-refractivity contribution >= 4 is 35.4 Å². The van der Waals surface area contributed by atoms with Gasteiger partial charge in [0.25, 0.3) is 0 Å². The molecule has 1 aromatic heterocycles. The van der Waals surface area contributed by atoms with E-state index in [1.54, 1.807) is 24.3 Å². The molecular weight excluding hydrogens is 357 g/mol. The van der Waals surface area contributed by atoms with Gasteiger partial charge in [0.05, 0.1) is 16.5 Å². The van der Waals surface area contributed by atoms with E-state index < -0.39 is 11.6 Å². The molecule has 0 saturated heterocycles. The maximum absolute atomic E-state index is 13.4. The molecule has 0 unspecified atom stereocenters. The van der Waals surface area contributed by atoms with E-state index in [9.17, 15) is 8.78 Å². The molecule has 0 aliphatic rings. The Morgan fingerprint density at radius 2 is 1.79 bits per heavy atom. The molecular formula is C17H10Cl2F2N2O. The first-order chi connectivity index (χ1) is 11.5. The predicted molar refractivity (Wildman–Crippen MR) is 88.9 cm³/mol. The Hall–Kier alpha value is -2.24. The third-order valence-corrected chi connectivity index (χ3v) is 3.82. The van der Waals surface area contributed by atoms with Crippen LogP contribution in [0.25, 0.3) is 12.2 Å². The van der Waals surface area contributed by atoms with Crippen molar-refractivity contribution in [1.29, 1.82) is 0 Å². The minimum atomic E-state index is -0.500. The van der Waals surface area contributed by atoms with Crippen LogP contribution in [0.4, 0.5) is 8.78 Å². The van der Waals surface area contributed by atoms with Crippen molar-refractivity contribution in [3.05, 3.63) is 81.0 Å². The van der Waals surface area contributed by atoms with Gasteiger partial charge in [0, 0.05) is 6.08 Å². The SMILES string of the molecule is Fc1ccc(/C=C/c2nnc(Cc3ccc(Cl)c(F)c3)o2)c(Cl)c1. The average molecular weight is 367 g/mol. The predicted octanol–water partition coefficient (Wildman–Crippen LogP) is 5.42. The summed E-state index contributed by atoms with van der Waals surface area (Å²) in [6, 6.07) is 8.54. The van der Waals surface area contributed by atoms with E-state index in [1.165, 1.54) is 24.3 Å². The van der Waals surface area contributed by atoms with Crippen LogP contribution in [0.15, 0.2) is 40.8 Å². The van der Waals surface area contributed by atoms with Gasteiger partial charge >= 0.3 is 0 Å². The molecule has 3 rings (SSSR count). The van der Waals surface area contributed by atoms with Crippen molar-refractivity contribution in [3.63, 3.8) is 0 Å². The van der Waals surface area contributed by atoms with E-state index in [0.29, 0.717) is 17.0 Å². The van der Waals surface area contributed by atoms with Crippen LogP contribution in [0.3, 0.4) is 0 Å². The number of hydrogen-bond acceptors (Lipinski definition) is 3. The van der Waals surface area contributed by atoms with Crippen molar-refractivity contribution in [2.45, 2.75) is 6.42 Å². The zero-order valence-corrected chi connectivity index (χ0v) is 13.7. The average Bonchev–Trinajstić information content (AvgIpc) is 2.98. The van der Waals surface area contributed by atoms with Gasteiger partial charge in [-0.1, -0.05) is 35.3 Å². The fourth-order valence-corrected chi connectivity index (χ4v) is 2.38. The number of halogens is 4. The van der Waals surface area contributed by atoms with Crippen LogP contribution in [-0.4, -0.2) is 10.2 Å². The quantitative estimate of drug-likeness (QED) is 0.619. The lowest BCUT2D eigenvalue weighted by Crippen LogP contribution is -1.90. The third-order valence-electron chi connectivity index (χ3n) is 3.19. The van der Waals surface area contributed by atoms with Crippen LogP contribution < -0.4 is 0 Å². The highest BCUT2D eigenvalue weighted by atomic mass is 35.5. The molecule has 24 heavy (non-hydrogen) atoms. The Balaban J connectivity index is 1.73. The molecule has 2 aromatic carbocycles. The highest BCUT2D eigenvalue weighted by Gasteiger charge is 2.08. The summed E-state index contributed by atoms with van der Waals surface area (Å²) in [5, 5.41) is 8.11. The van der Waals surface area contributed by atoms with Gasteiger partial charge in [0.2, 0.25) is 11.8 Å². The summed E-state index contributed by atoms with van der Waals surface area (Å²) in [6.07, 6.45) is 3.49. The van der Waals surface area contributed by atoms with E-state index in [4.69, 9.17) is 27.6 Å². The Labute approximate surface area is 146 Å².